The van der Waals surface area contributed by atoms with Gasteiger partial charge in [-0.1, -0.05) is 59.3 Å². The van der Waals surface area contributed by atoms with Crippen LogP contribution >= 0.6 is 23.4 Å². The number of hydrogen-bond donors (Lipinski definition) is 3. The van der Waals surface area contributed by atoms with Crippen LogP contribution in [0.5, 0.6) is 11.8 Å². The Labute approximate surface area is 137 Å². The van der Waals surface area contributed by atoms with E-state index in [0.717, 1.165) is 10.5 Å². The molecule has 0 unspecified atom stereocenters. The molecule has 1 aromatic heterocycles. The number of aromatic amines is 1. The van der Waals surface area contributed by atoms with Crippen LogP contribution in [0.25, 0.3) is 11.1 Å². The maximum atomic E-state index is 10.1. The molecule has 0 fully saturated rings. The lowest BCUT2D eigenvalue weighted by molar-refractivity contribution is 0.421. The second-order valence-electron chi connectivity index (χ2n) is 4.92. The number of rotatable bonds is 3. The van der Waals surface area contributed by atoms with E-state index in [9.17, 15) is 10.2 Å². The van der Waals surface area contributed by atoms with E-state index in [2.05, 4.69) is 4.98 Å². The summed E-state index contributed by atoms with van der Waals surface area (Å²) >= 11 is 7.59. The number of nitrogens with one attached hydrogen (secondary N) is 1. The molecule has 3 rings (SSSR count). The fraction of sp³-hybridized carbons (Fsp3) is 0.0588. The van der Waals surface area contributed by atoms with Crippen molar-refractivity contribution in [3.63, 3.8) is 0 Å². The number of aromatic nitrogens is 1. The minimum absolute atomic E-state index is 0.0713. The van der Waals surface area contributed by atoms with E-state index in [1.54, 1.807) is 6.07 Å². The number of aryl methyl sites for hydroxylation is 1. The van der Waals surface area contributed by atoms with Gasteiger partial charge < -0.3 is 10.2 Å². The molecule has 0 bridgehead atoms. The summed E-state index contributed by atoms with van der Waals surface area (Å²) in [6.45, 7) is 2.02. The van der Waals surface area contributed by atoms with Gasteiger partial charge in [0.05, 0.1) is 10.5 Å². The van der Waals surface area contributed by atoms with Crippen molar-refractivity contribution in [2.45, 2.75) is 16.7 Å². The molecule has 3 N–H and O–H groups in total. The van der Waals surface area contributed by atoms with Gasteiger partial charge in [0.25, 0.3) is 0 Å². The average Bonchev–Trinajstić information content (AvgIpc) is 2.76. The summed E-state index contributed by atoms with van der Waals surface area (Å²) in [4.78, 5) is 4.08. The van der Waals surface area contributed by atoms with Crippen LogP contribution in [0.2, 0.25) is 5.02 Å². The number of hydrogen-bond acceptors (Lipinski definition) is 3. The third-order valence-electron chi connectivity index (χ3n) is 3.30. The molecule has 0 aliphatic heterocycles. The quantitative estimate of drug-likeness (QED) is 0.617. The summed E-state index contributed by atoms with van der Waals surface area (Å²) in [6.07, 6.45) is 0. The van der Waals surface area contributed by atoms with E-state index in [1.807, 2.05) is 49.4 Å². The lowest BCUT2D eigenvalue weighted by atomic mass is 10.1. The first-order chi connectivity index (χ1) is 10.6. The highest BCUT2D eigenvalue weighted by atomic mass is 35.5. The molecule has 2 aromatic carbocycles. The number of H-pyrrole nitrogens is 1. The summed E-state index contributed by atoms with van der Waals surface area (Å²) in [5, 5.41) is 20.7. The smallest absolute Gasteiger partial charge is 0.206 e. The number of aromatic hydroxyl groups is 2. The van der Waals surface area contributed by atoms with Crippen LogP contribution < -0.4 is 0 Å². The molecular formula is C17H14ClNO2S. The van der Waals surface area contributed by atoms with Crippen LogP contribution in [0.4, 0.5) is 0 Å². The van der Waals surface area contributed by atoms with Crippen LogP contribution in [0.15, 0.2) is 58.3 Å². The molecule has 0 saturated carbocycles. The van der Waals surface area contributed by atoms with Crippen molar-refractivity contribution in [3.05, 3.63) is 59.1 Å². The summed E-state index contributed by atoms with van der Waals surface area (Å²) in [5.41, 5.74) is 2.35. The Morgan fingerprint density at radius 1 is 0.955 bits per heavy atom. The molecule has 5 heteroatoms. The van der Waals surface area contributed by atoms with E-state index in [0.29, 0.717) is 21.0 Å². The van der Waals surface area contributed by atoms with Gasteiger partial charge in [-0.15, -0.1) is 0 Å². The Kier molecular flexibility index (Phi) is 4.05. The van der Waals surface area contributed by atoms with Gasteiger partial charge in [0.15, 0.2) is 0 Å². The molecule has 0 atom stereocenters. The van der Waals surface area contributed by atoms with Crippen molar-refractivity contribution in [2.24, 2.45) is 0 Å². The first-order valence-corrected chi connectivity index (χ1v) is 7.89. The minimum Gasteiger partial charge on any atom is -0.494 e. The lowest BCUT2D eigenvalue weighted by Crippen LogP contribution is -1.81. The van der Waals surface area contributed by atoms with E-state index in [4.69, 9.17) is 11.6 Å². The van der Waals surface area contributed by atoms with Crippen LogP contribution in [-0.4, -0.2) is 15.2 Å². The Bertz CT molecular complexity index is 812. The molecule has 3 aromatic rings. The third-order valence-corrected chi connectivity index (χ3v) is 4.74. The first-order valence-electron chi connectivity index (χ1n) is 6.69. The fourth-order valence-corrected chi connectivity index (χ4v) is 3.39. The predicted octanol–water partition coefficient (Wildman–Crippen LogP) is 5.21. The molecular weight excluding hydrogens is 318 g/mol. The Morgan fingerprint density at radius 2 is 1.64 bits per heavy atom. The highest BCUT2D eigenvalue weighted by Gasteiger charge is 2.21. The molecule has 112 valence electrons. The van der Waals surface area contributed by atoms with Crippen molar-refractivity contribution >= 4 is 23.4 Å². The van der Waals surface area contributed by atoms with Crippen molar-refractivity contribution in [3.8, 4) is 22.9 Å². The number of halogens is 1. The second kappa shape index (κ2) is 5.99. The van der Waals surface area contributed by atoms with Crippen LogP contribution in [0.3, 0.4) is 0 Å². The lowest BCUT2D eigenvalue weighted by Gasteiger charge is -2.07. The monoisotopic (exact) mass is 331 g/mol. The van der Waals surface area contributed by atoms with Crippen molar-refractivity contribution in [1.29, 1.82) is 0 Å². The maximum absolute atomic E-state index is 10.1. The summed E-state index contributed by atoms with van der Waals surface area (Å²) in [6, 6.07) is 15.2. The standard InChI is InChI=1S/C17H14ClNO2S/c1-10-6-8-11(9-7-10)22-15-14(16(20)19-17(15)21)12-4-2-3-5-13(12)18/h2-9,19-21H,1H3. The Morgan fingerprint density at radius 3 is 2.32 bits per heavy atom. The van der Waals surface area contributed by atoms with Gasteiger partial charge in [-0.3, -0.25) is 4.98 Å². The Hall–Kier alpha value is -2.04. The van der Waals surface area contributed by atoms with E-state index in [-0.39, 0.29) is 11.8 Å². The first kappa shape index (κ1) is 14.9. The molecule has 1 heterocycles. The zero-order valence-corrected chi connectivity index (χ0v) is 13.4. The van der Waals surface area contributed by atoms with Crippen molar-refractivity contribution in [2.75, 3.05) is 0 Å². The molecule has 0 aliphatic rings. The van der Waals surface area contributed by atoms with Gasteiger partial charge >= 0.3 is 0 Å². The molecule has 0 amide bonds. The van der Waals surface area contributed by atoms with Crippen molar-refractivity contribution < 1.29 is 10.2 Å². The van der Waals surface area contributed by atoms with E-state index < -0.39 is 0 Å². The minimum atomic E-state index is -0.0970. The van der Waals surface area contributed by atoms with Gasteiger partial charge in [-0.25, -0.2) is 0 Å². The predicted molar refractivity (Wildman–Crippen MR) is 89.9 cm³/mol. The molecule has 3 nitrogen and oxygen atoms in total. The van der Waals surface area contributed by atoms with Gasteiger partial charge in [-0.2, -0.15) is 0 Å². The second-order valence-corrected chi connectivity index (χ2v) is 6.41. The highest BCUT2D eigenvalue weighted by Crippen LogP contribution is 2.48. The van der Waals surface area contributed by atoms with Gasteiger partial charge in [0.1, 0.15) is 0 Å². The maximum Gasteiger partial charge on any atom is 0.206 e. The number of benzene rings is 2. The molecule has 0 aliphatic carbocycles. The third kappa shape index (κ3) is 2.80. The zero-order chi connectivity index (χ0) is 15.7. The largest absolute Gasteiger partial charge is 0.494 e. The topological polar surface area (TPSA) is 56.2 Å². The molecule has 0 spiro atoms. The molecule has 0 saturated heterocycles. The van der Waals surface area contributed by atoms with Crippen molar-refractivity contribution in [1.82, 2.24) is 4.98 Å². The molecule has 0 radical (unpaired) electrons. The SMILES string of the molecule is Cc1ccc(Sc2c(O)[nH]c(O)c2-c2ccccc2Cl)cc1. The van der Waals surface area contributed by atoms with Gasteiger partial charge in [-0.05, 0) is 25.1 Å². The van der Waals surface area contributed by atoms with Gasteiger partial charge in [0, 0.05) is 15.5 Å². The van der Waals surface area contributed by atoms with E-state index >= 15 is 0 Å². The fourth-order valence-electron chi connectivity index (χ4n) is 2.19. The summed E-state index contributed by atoms with van der Waals surface area (Å²) < 4.78 is 0. The zero-order valence-electron chi connectivity index (χ0n) is 11.8. The van der Waals surface area contributed by atoms with Crippen LogP contribution in [-0.2, 0) is 0 Å². The normalized spacial score (nSPS) is 10.8. The average molecular weight is 332 g/mol. The molecule has 22 heavy (non-hydrogen) atoms. The summed E-state index contributed by atoms with van der Waals surface area (Å²) in [5.74, 6) is -0.168. The highest BCUT2D eigenvalue weighted by molar-refractivity contribution is 7.99. The van der Waals surface area contributed by atoms with Gasteiger partial charge in [0.2, 0.25) is 11.8 Å². The van der Waals surface area contributed by atoms with Crippen LogP contribution in [0, 0.1) is 6.92 Å². The Balaban J connectivity index is 2.08. The van der Waals surface area contributed by atoms with Crippen LogP contribution in [0.1, 0.15) is 5.56 Å². The van der Waals surface area contributed by atoms with E-state index in [1.165, 1.54) is 11.8 Å². The summed E-state index contributed by atoms with van der Waals surface area (Å²) in [7, 11) is 0.